The highest BCUT2D eigenvalue weighted by Crippen LogP contribution is 1.89. The van der Waals surface area contributed by atoms with Crippen LogP contribution in [0.3, 0.4) is 0 Å². The minimum Gasteiger partial charge on any atom is -0.478 e. The molecule has 0 aliphatic rings. The monoisotopic (exact) mass is 275 g/mol. The van der Waals surface area contributed by atoms with Crippen LogP contribution in [0.5, 0.6) is 0 Å². The van der Waals surface area contributed by atoms with Crippen LogP contribution in [0.15, 0.2) is 24.3 Å². The predicted octanol–water partition coefficient (Wildman–Crippen LogP) is 0.802. The Morgan fingerprint density at radius 1 is 1.16 bits per heavy atom. The molecule has 110 valence electrons. The molecule has 0 radical (unpaired) electrons. The Balaban J connectivity index is -0.000000239. The average Bonchev–Trinajstić information content (AvgIpc) is 2.36. The van der Waals surface area contributed by atoms with Gasteiger partial charge in [-0.2, -0.15) is 0 Å². The number of ether oxygens (including phenoxy) is 1. The number of rotatable bonds is 5. The van der Waals surface area contributed by atoms with Crippen molar-refractivity contribution in [2.75, 3.05) is 13.2 Å². The van der Waals surface area contributed by atoms with Gasteiger partial charge in [0.15, 0.2) is 0 Å². The maximum atomic E-state index is 10.5. The molecule has 0 atom stereocenters. The molecule has 19 heavy (non-hydrogen) atoms. The van der Waals surface area contributed by atoms with Gasteiger partial charge in [-0.05, 0) is 6.92 Å². The first-order chi connectivity index (χ1) is 8.81. The predicted molar refractivity (Wildman–Crippen MR) is 70.6 cm³/mol. The molecule has 0 aromatic carbocycles. The van der Waals surface area contributed by atoms with E-state index in [-0.39, 0.29) is 12.6 Å². The van der Waals surface area contributed by atoms with Crippen molar-refractivity contribution in [2.24, 2.45) is 5.73 Å². The zero-order chi connectivity index (χ0) is 15.8. The molecule has 0 bridgehead atoms. The van der Waals surface area contributed by atoms with Crippen LogP contribution in [0.2, 0.25) is 0 Å². The second-order valence-corrected chi connectivity index (χ2v) is 2.71. The summed E-state index contributed by atoms with van der Waals surface area (Å²) in [6, 6.07) is 0. The quantitative estimate of drug-likeness (QED) is 0.500. The Morgan fingerprint density at radius 2 is 1.53 bits per heavy atom. The Hall–Kier alpha value is -2.15. The van der Waals surface area contributed by atoms with Gasteiger partial charge in [0, 0.05) is 24.3 Å². The van der Waals surface area contributed by atoms with Crippen molar-refractivity contribution in [3.8, 4) is 0 Å². The second-order valence-electron chi connectivity index (χ2n) is 2.71. The highest BCUT2D eigenvalue weighted by Gasteiger charge is 1.99. The Bertz CT molecular complexity index is 306. The third kappa shape index (κ3) is 25.8. The second kappa shape index (κ2) is 15.9. The molecule has 0 aliphatic heterocycles. The third-order valence-electron chi connectivity index (χ3n) is 1.07. The first kappa shape index (κ1) is 22.1. The molecule has 0 heterocycles. The van der Waals surface area contributed by atoms with Gasteiger partial charge in [0.05, 0.1) is 0 Å². The van der Waals surface area contributed by atoms with Crippen molar-refractivity contribution >= 4 is 17.9 Å². The number of nitrogens with two attached hydrogens (primary N) is 1. The normalized spacial score (nSPS) is 8.42. The summed E-state index contributed by atoms with van der Waals surface area (Å²) in [6.45, 7) is 9.62. The van der Waals surface area contributed by atoms with E-state index in [4.69, 9.17) is 15.9 Å². The Morgan fingerprint density at radius 3 is 1.74 bits per heavy atom. The van der Waals surface area contributed by atoms with Gasteiger partial charge in [0.25, 0.3) is 0 Å². The van der Waals surface area contributed by atoms with Gasteiger partial charge in [0.1, 0.15) is 6.61 Å². The Kier molecular flexibility index (Phi) is 18.4. The van der Waals surface area contributed by atoms with Crippen LogP contribution in [-0.2, 0) is 19.1 Å². The first-order valence-electron chi connectivity index (χ1n) is 5.47. The number of carboxylic acid groups (broad SMARTS) is 2. The van der Waals surface area contributed by atoms with Gasteiger partial charge < -0.3 is 20.7 Å². The fourth-order valence-electron chi connectivity index (χ4n) is 0.417. The summed E-state index contributed by atoms with van der Waals surface area (Å²) in [5.74, 6) is -2.89. The first-order valence-corrected chi connectivity index (χ1v) is 5.47. The average molecular weight is 275 g/mol. The zero-order valence-electron chi connectivity index (χ0n) is 11.4. The molecule has 0 aromatic heterocycles. The summed E-state index contributed by atoms with van der Waals surface area (Å²) < 4.78 is 4.59. The molecule has 4 N–H and O–H groups in total. The fraction of sp³-hybridized carbons (Fsp3) is 0.417. The summed E-state index contributed by atoms with van der Waals surface area (Å²) in [5, 5.41) is 15.6. The molecule has 0 rings (SSSR count). The molecule has 7 heteroatoms. The fourth-order valence-corrected chi connectivity index (χ4v) is 0.417. The van der Waals surface area contributed by atoms with Crippen molar-refractivity contribution < 1.29 is 29.3 Å². The summed E-state index contributed by atoms with van der Waals surface area (Å²) in [5.41, 5.74) is 5.48. The molecule has 0 spiro atoms. The molecule has 0 aromatic rings. The molecular formula is C12H21NO6. The molecule has 7 nitrogen and oxygen atoms in total. The van der Waals surface area contributed by atoms with Crippen molar-refractivity contribution in [1.29, 1.82) is 0 Å². The van der Waals surface area contributed by atoms with E-state index in [0.29, 0.717) is 24.3 Å². The lowest BCUT2D eigenvalue weighted by Crippen LogP contribution is -2.13. The molecule has 0 aliphatic carbocycles. The van der Waals surface area contributed by atoms with Crippen LogP contribution in [0.4, 0.5) is 0 Å². The molecule has 0 unspecified atom stereocenters. The summed E-state index contributed by atoms with van der Waals surface area (Å²) >= 11 is 0. The number of carbonyl (C=O) groups is 3. The Labute approximate surface area is 112 Å². The van der Waals surface area contributed by atoms with Crippen LogP contribution in [0.25, 0.3) is 0 Å². The number of aliphatic carboxylic acids is 2. The van der Waals surface area contributed by atoms with E-state index in [0.717, 1.165) is 0 Å². The topological polar surface area (TPSA) is 127 Å². The van der Waals surface area contributed by atoms with E-state index in [1.165, 1.54) is 0 Å². The van der Waals surface area contributed by atoms with Crippen LogP contribution in [-0.4, -0.2) is 41.3 Å². The van der Waals surface area contributed by atoms with E-state index in [2.05, 4.69) is 11.3 Å². The van der Waals surface area contributed by atoms with Gasteiger partial charge in [-0.25, -0.2) is 14.4 Å². The van der Waals surface area contributed by atoms with Gasteiger partial charge in [-0.15, -0.1) is 0 Å². The molecule has 0 saturated heterocycles. The van der Waals surface area contributed by atoms with Crippen LogP contribution in [0, 0.1) is 0 Å². The molecule has 0 amide bonds. The summed E-state index contributed by atoms with van der Waals surface area (Å²) in [7, 11) is 0. The number of carboxylic acids is 2. The zero-order valence-corrected chi connectivity index (χ0v) is 11.4. The van der Waals surface area contributed by atoms with E-state index in [9.17, 15) is 14.4 Å². The highest BCUT2D eigenvalue weighted by molar-refractivity contribution is 5.89. The van der Waals surface area contributed by atoms with Crippen molar-refractivity contribution in [3.05, 3.63) is 24.3 Å². The maximum Gasteiger partial charge on any atom is 0.333 e. The lowest BCUT2D eigenvalue weighted by molar-refractivity contribution is -0.138. The van der Waals surface area contributed by atoms with Gasteiger partial charge in [-0.3, -0.25) is 0 Å². The largest absolute Gasteiger partial charge is 0.478 e. The standard InChI is InChI=1S/C6H11NO2.C4H4O4.C2H6/c1-5(2)6(8)9-4-3-7;5-3(6)1-2-4(7)8;1-2/h1,3-4,7H2,2H3;1-2H,(H,5,6)(H,7,8);1-2H3/b;2-1-;. The summed E-state index contributed by atoms with van der Waals surface area (Å²) in [6.07, 6.45) is 1.12. The number of hydrogen-bond acceptors (Lipinski definition) is 5. The van der Waals surface area contributed by atoms with E-state index >= 15 is 0 Å². The lowest BCUT2D eigenvalue weighted by Gasteiger charge is -1.99. The SMILES string of the molecule is C=C(C)C(=O)OCCN.CC.O=C(O)/C=C\C(=O)O. The number of hydrogen-bond donors (Lipinski definition) is 3. The van der Waals surface area contributed by atoms with Crippen LogP contribution >= 0.6 is 0 Å². The minimum absolute atomic E-state index is 0.270. The van der Waals surface area contributed by atoms with Crippen molar-refractivity contribution in [2.45, 2.75) is 20.8 Å². The third-order valence-corrected chi connectivity index (χ3v) is 1.07. The number of carbonyl (C=O) groups excluding carboxylic acids is 1. The van der Waals surface area contributed by atoms with Gasteiger partial charge >= 0.3 is 17.9 Å². The van der Waals surface area contributed by atoms with Gasteiger partial charge in [-0.1, -0.05) is 20.4 Å². The summed E-state index contributed by atoms with van der Waals surface area (Å²) in [4.78, 5) is 29.6. The minimum atomic E-state index is -1.26. The van der Waals surface area contributed by atoms with E-state index in [1.807, 2.05) is 13.8 Å². The molecular weight excluding hydrogens is 254 g/mol. The van der Waals surface area contributed by atoms with Crippen molar-refractivity contribution in [1.82, 2.24) is 0 Å². The van der Waals surface area contributed by atoms with Gasteiger partial charge in [0.2, 0.25) is 0 Å². The highest BCUT2D eigenvalue weighted by atomic mass is 16.5. The van der Waals surface area contributed by atoms with Crippen LogP contribution in [0.1, 0.15) is 20.8 Å². The maximum absolute atomic E-state index is 10.5. The van der Waals surface area contributed by atoms with Crippen molar-refractivity contribution in [3.63, 3.8) is 0 Å². The van der Waals surface area contributed by atoms with Crippen LogP contribution < -0.4 is 5.73 Å². The molecule has 0 saturated carbocycles. The van der Waals surface area contributed by atoms with E-state index < -0.39 is 11.9 Å². The molecule has 0 fully saturated rings. The smallest absolute Gasteiger partial charge is 0.333 e. The van der Waals surface area contributed by atoms with E-state index in [1.54, 1.807) is 6.92 Å². The number of esters is 1. The lowest BCUT2D eigenvalue weighted by atomic mass is 10.4.